The third-order valence-electron chi connectivity index (χ3n) is 8.98. The average molecular weight is 581 g/mol. The Morgan fingerprint density at radius 3 is 2.43 bits per heavy atom. The smallest absolute Gasteiger partial charge is 0.244 e. The minimum Gasteiger partial charge on any atom is -0.440 e. The molecular formula is C33H32N4O4S. The molecule has 1 saturated carbocycles. The van der Waals surface area contributed by atoms with Gasteiger partial charge in [-0.2, -0.15) is 0 Å². The molecule has 3 aliphatic rings. The van der Waals surface area contributed by atoms with Gasteiger partial charge in [0.25, 0.3) is 0 Å². The summed E-state index contributed by atoms with van der Waals surface area (Å²) in [4.78, 5) is 31.0. The van der Waals surface area contributed by atoms with Crippen LogP contribution in [0.25, 0.3) is 42.3 Å². The summed E-state index contributed by atoms with van der Waals surface area (Å²) in [6.45, 7) is 6.29. The molecule has 5 aromatic rings. The maximum absolute atomic E-state index is 13.4. The van der Waals surface area contributed by atoms with Gasteiger partial charge < -0.3 is 24.7 Å². The van der Waals surface area contributed by atoms with Gasteiger partial charge in [0.15, 0.2) is 11.3 Å². The van der Waals surface area contributed by atoms with Crippen LogP contribution in [-0.4, -0.2) is 68.8 Å². The van der Waals surface area contributed by atoms with Crippen LogP contribution in [0.3, 0.4) is 0 Å². The largest absolute Gasteiger partial charge is 0.440 e. The number of carbonyl (C=O) groups excluding carboxylic acids is 1. The number of hydrogen-bond donors (Lipinski definition) is 2. The molecule has 0 spiro atoms. The van der Waals surface area contributed by atoms with E-state index < -0.39 is 0 Å². The lowest BCUT2D eigenvalue weighted by atomic mass is 10.0. The monoisotopic (exact) mass is 580 g/mol. The second kappa shape index (κ2) is 10.2. The highest BCUT2D eigenvalue weighted by atomic mass is 32.1. The third-order valence-corrected chi connectivity index (χ3v) is 10.2. The van der Waals surface area contributed by atoms with Crippen LogP contribution in [-0.2, 0) is 9.53 Å². The quantitative estimate of drug-likeness (QED) is 0.301. The second-order valence-electron chi connectivity index (χ2n) is 11.4. The predicted octanol–water partition coefficient (Wildman–Crippen LogP) is 5.04. The molecule has 0 atom stereocenters. The number of anilines is 2. The molecule has 4 heterocycles. The maximum atomic E-state index is 13.4. The zero-order chi connectivity index (χ0) is 28.3. The summed E-state index contributed by atoms with van der Waals surface area (Å²) in [6.07, 6.45) is 1.83. The first-order chi connectivity index (χ1) is 20.6. The van der Waals surface area contributed by atoms with Crippen LogP contribution in [0.15, 0.2) is 69.9 Å². The van der Waals surface area contributed by atoms with E-state index >= 15 is 0 Å². The zero-order valence-electron chi connectivity index (χ0n) is 23.3. The van der Waals surface area contributed by atoms with Crippen LogP contribution in [0, 0.1) is 0 Å². The van der Waals surface area contributed by atoms with Crippen molar-refractivity contribution in [3.8, 4) is 11.1 Å². The third kappa shape index (κ3) is 4.31. The Hall–Kier alpha value is -3.76. The Balaban J connectivity index is 1.18. The van der Waals surface area contributed by atoms with E-state index in [1.54, 1.807) is 17.4 Å². The van der Waals surface area contributed by atoms with E-state index in [0.29, 0.717) is 43.2 Å². The van der Waals surface area contributed by atoms with Crippen LogP contribution < -0.4 is 21.0 Å². The summed E-state index contributed by atoms with van der Waals surface area (Å²) in [5.41, 5.74) is 2.95. The van der Waals surface area contributed by atoms with Crippen LogP contribution in [0.5, 0.6) is 0 Å². The number of rotatable bonds is 5. The molecule has 3 aromatic carbocycles. The average Bonchev–Trinajstić information content (AvgIpc) is 3.77. The molecule has 8 rings (SSSR count). The van der Waals surface area contributed by atoms with Crippen LogP contribution in [0.2, 0.25) is 0 Å². The van der Waals surface area contributed by atoms with E-state index in [1.165, 1.54) is 0 Å². The van der Waals surface area contributed by atoms with E-state index in [1.807, 2.05) is 24.3 Å². The molecule has 0 unspecified atom stereocenters. The number of thiophene rings is 1. The first-order valence-electron chi connectivity index (χ1n) is 14.7. The van der Waals surface area contributed by atoms with Crippen molar-refractivity contribution < 1.29 is 13.9 Å². The SMILES string of the molecule is O=C(Nc1ccc2sc3c(-c4cccc5c(=O)cc(N6CCOCC6)oc45)cccc3c2c1)C1(N2CCNCC2)CC1. The second-order valence-corrected chi connectivity index (χ2v) is 12.5. The minimum absolute atomic E-state index is 0.0438. The Morgan fingerprint density at radius 1 is 0.881 bits per heavy atom. The summed E-state index contributed by atoms with van der Waals surface area (Å²) in [5.74, 6) is 0.687. The van der Waals surface area contributed by atoms with Crippen LogP contribution >= 0.6 is 11.3 Å². The minimum atomic E-state index is -0.362. The highest BCUT2D eigenvalue weighted by molar-refractivity contribution is 7.26. The summed E-state index contributed by atoms with van der Waals surface area (Å²) in [7, 11) is 0. The molecular weight excluding hydrogens is 548 g/mol. The number of carbonyl (C=O) groups is 1. The number of benzene rings is 3. The number of fused-ring (bicyclic) bond motifs is 4. The number of piperazine rings is 1. The van der Waals surface area contributed by atoms with Crippen molar-refractivity contribution >= 4 is 60.0 Å². The van der Waals surface area contributed by atoms with Gasteiger partial charge in [0.2, 0.25) is 5.91 Å². The lowest BCUT2D eigenvalue weighted by Crippen LogP contribution is -2.54. The molecule has 2 aromatic heterocycles. The van der Waals surface area contributed by atoms with Crippen molar-refractivity contribution in [1.29, 1.82) is 0 Å². The van der Waals surface area contributed by atoms with Gasteiger partial charge in [0.05, 0.1) is 18.6 Å². The molecule has 1 amide bonds. The molecule has 8 nitrogen and oxygen atoms in total. The van der Waals surface area contributed by atoms with Gasteiger partial charge in [-0.1, -0.05) is 30.3 Å². The van der Waals surface area contributed by atoms with Gasteiger partial charge in [-0.15, -0.1) is 11.3 Å². The van der Waals surface area contributed by atoms with E-state index in [4.69, 9.17) is 9.15 Å². The fraction of sp³-hybridized carbons (Fsp3) is 0.333. The topological polar surface area (TPSA) is 87.0 Å². The summed E-state index contributed by atoms with van der Waals surface area (Å²) >= 11 is 1.72. The fourth-order valence-corrected chi connectivity index (χ4v) is 7.76. The van der Waals surface area contributed by atoms with Gasteiger partial charge >= 0.3 is 0 Å². The van der Waals surface area contributed by atoms with Gasteiger partial charge in [-0.05, 0) is 37.1 Å². The van der Waals surface area contributed by atoms with Crippen molar-refractivity contribution in [2.75, 3.05) is 62.7 Å². The van der Waals surface area contributed by atoms with Gasteiger partial charge in [0, 0.05) is 82.3 Å². The van der Waals surface area contributed by atoms with Crippen molar-refractivity contribution in [2.45, 2.75) is 18.4 Å². The molecule has 2 N–H and O–H groups in total. The number of para-hydroxylation sites is 1. The first kappa shape index (κ1) is 25.9. The molecule has 2 aliphatic heterocycles. The van der Waals surface area contributed by atoms with E-state index in [9.17, 15) is 9.59 Å². The molecule has 3 fully saturated rings. The number of ether oxygens (including phenoxy) is 1. The Morgan fingerprint density at radius 2 is 1.64 bits per heavy atom. The Kier molecular flexibility index (Phi) is 6.29. The Bertz CT molecular complexity index is 1900. The molecule has 2 saturated heterocycles. The van der Waals surface area contributed by atoms with Crippen molar-refractivity contribution in [3.05, 3.63) is 70.9 Å². The number of morpholine rings is 1. The molecule has 9 heteroatoms. The zero-order valence-corrected chi connectivity index (χ0v) is 24.1. The van der Waals surface area contributed by atoms with Gasteiger partial charge in [-0.3, -0.25) is 14.5 Å². The lowest BCUT2D eigenvalue weighted by molar-refractivity contribution is -0.123. The number of hydrogen-bond acceptors (Lipinski definition) is 8. The molecule has 42 heavy (non-hydrogen) atoms. The number of amides is 1. The first-order valence-corrected chi connectivity index (χ1v) is 15.5. The molecule has 0 bridgehead atoms. The molecule has 214 valence electrons. The Labute approximate surface area is 246 Å². The van der Waals surface area contributed by atoms with Crippen molar-refractivity contribution in [1.82, 2.24) is 10.2 Å². The highest BCUT2D eigenvalue weighted by Crippen LogP contribution is 2.45. The number of nitrogens with zero attached hydrogens (tertiary/aromatic N) is 2. The van der Waals surface area contributed by atoms with Crippen molar-refractivity contribution in [3.63, 3.8) is 0 Å². The normalized spacial score (nSPS) is 19.0. The maximum Gasteiger partial charge on any atom is 0.244 e. The fourth-order valence-electron chi connectivity index (χ4n) is 6.55. The lowest BCUT2D eigenvalue weighted by Gasteiger charge is -2.34. The highest BCUT2D eigenvalue weighted by Gasteiger charge is 2.54. The van der Waals surface area contributed by atoms with Gasteiger partial charge in [-0.25, -0.2) is 0 Å². The molecule has 1 aliphatic carbocycles. The van der Waals surface area contributed by atoms with E-state index in [2.05, 4.69) is 50.8 Å². The molecule has 0 radical (unpaired) electrons. The van der Waals surface area contributed by atoms with Crippen LogP contribution in [0.1, 0.15) is 12.8 Å². The van der Waals surface area contributed by atoms with Gasteiger partial charge in [0.1, 0.15) is 11.1 Å². The van der Waals surface area contributed by atoms with Crippen molar-refractivity contribution in [2.24, 2.45) is 0 Å². The summed E-state index contributed by atoms with van der Waals surface area (Å²) in [5, 5.41) is 9.43. The summed E-state index contributed by atoms with van der Waals surface area (Å²) in [6, 6.07) is 19.9. The van der Waals surface area contributed by atoms with Crippen LogP contribution in [0.4, 0.5) is 11.6 Å². The van der Waals surface area contributed by atoms with E-state index in [-0.39, 0.29) is 16.9 Å². The van der Waals surface area contributed by atoms with E-state index in [0.717, 1.165) is 76.0 Å². The predicted molar refractivity (Wildman–Crippen MR) is 169 cm³/mol. The summed E-state index contributed by atoms with van der Waals surface area (Å²) < 4.78 is 14.2. The standard InChI is InChI=1S/C33H32N4O4S/c38-27-20-29(36-15-17-40-18-16-36)41-30-22(3-1-6-25(27)30)23-4-2-5-24-26-19-21(7-8-28(26)42-31(23)24)35-32(39)33(9-10-33)37-13-11-34-12-14-37/h1-8,19-20,34H,9-18H2,(H,35,39). The number of nitrogens with one attached hydrogen (secondary N) is 2.